The Balaban J connectivity index is 2.18. The Bertz CT molecular complexity index is 557. The second-order valence-corrected chi connectivity index (χ2v) is 5.04. The SMILES string of the molecule is CCC(=O)c1ccn(Cc2cc(F)cc(Br)c2)c1. The van der Waals surface area contributed by atoms with E-state index in [1.807, 2.05) is 23.8 Å². The maximum atomic E-state index is 13.2. The van der Waals surface area contributed by atoms with Gasteiger partial charge in [-0.2, -0.15) is 0 Å². The lowest BCUT2D eigenvalue weighted by Gasteiger charge is -2.04. The Hall–Kier alpha value is -1.42. The number of rotatable bonds is 4. The van der Waals surface area contributed by atoms with Crippen LogP contribution in [-0.2, 0) is 6.54 Å². The third-order valence-corrected chi connectivity index (χ3v) is 3.14. The Morgan fingerprint density at radius 1 is 1.39 bits per heavy atom. The van der Waals surface area contributed by atoms with Gasteiger partial charge < -0.3 is 4.57 Å². The van der Waals surface area contributed by atoms with Crippen LogP contribution in [0.25, 0.3) is 0 Å². The zero-order chi connectivity index (χ0) is 13.1. The van der Waals surface area contributed by atoms with E-state index in [-0.39, 0.29) is 11.6 Å². The summed E-state index contributed by atoms with van der Waals surface area (Å²) in [5.74, 6) is -0.148. The van der Waals surface area contributed by atoms with Crippen LogP contribution in [-0.4, -0.2) is 10.4 Å². The minimum absolute atomic E-state index is 0.120. The van der Waals surface area contributed by atoms with Crippen molar-refractivity contribution >= 4 is 21.7 Å². The summed E-state index contributed by atoms with van der Waals surface area (Å²) in [5, 5.41) is 0. The molecule has 1 heterocycles. The molecule has 0 fully saturated rings. The van der Waals surface area contributed by atoms with E-state index in [1.165, 1.54) is 12.1 Å². The van der Waals surface area contributed by atoms with Crippen molar-refractivity contribution in [1.29, 1.82) is 0 Å². The molecule has 1 aromatic carbocycles. The normalized spacial score (nSPS) is 10.6. The summed E-state index contributed by atoms with van der Waals surface area (Å²) in [7, 11) is 0. The predicted molar refractivity (Wildman–Crippen MR) is 72.3 cm³/mol. The summed E-state index contributed by atoms with van der Waals surface area (Å²) >= 11 is 3.26. The molecule has 0 saturated carbocycles. The Kier molecular flexibility index (Phi) is 3.97. The standard InChI is InChI=1S/C14H13BrFNO/c1-2-14(18)11-3-4-17(9-11)8-10-5-12(15)7-13(16)6-10/h3-7,9H,2,8H2,1H3. The van der Waals surface area contributed by atoms with Gasteiger partial charge in [0.25, 0.3) is 0 Å². The largest absolute Gasteiger partial charge is 0.349 e. The first-order valence-electron chi connectivity index (χ1n) is 5.72. The molecule has 0 amide bonds. The molecule has 18 heavy (non-hydrogen) atoms. The molecule has 0 saturated heterocycles. The first-order chi connectivity index (χ1) is 8.58. The van der Waals surface area contributed by atoms with Gasteiger partial charge in [0.15, 0.2) is 5.78 Å². The van der Waals surface area contributed by atoms with E-state index in [4.69, 9.17) is 0 Å². The van der Waals surface area contributed by atoms with Crippen molar-refractivity contribution < 1.29 is 9.18 Å². The molecule has 0 N–H and O–H groups in total. The summed E-state index contributed by atoms with van der Waals surface area (Å²) in [6.45, 7) is 2.39. The summed E-state index contributed by atoms with van der Waals surface area (Å²) in [6, 6.07) is 6.57. The molecule has 2 rings (SSSR count). The first kappa shape index (κ1) is 13.0. The third-order valence-electron chi connectivity index (χ3n) is 2.68. The van der Waals surface area contributed by atoms with Gasteiger partial charge in [-0.3, -0.25) is 4.79 Å². The number of halogens is 2. The minimum Gasteiger partial charge on any atom is -0.349 e. The number of hydrogen-bond acceptors (Lipinski definition) is 1. The van der Waals surface area contributed by atoms with Crippen LogP contribution in [0.4, 0.5) is 4.39 Å². The smallest absolute Gasteiger partial charge is 0.164 e. The fraction of sp³-hybridized carbons (Fsp3) is 0.214. The highest BCUT2D eigenvalue weighted by Crippen LogP contribution is 2.16. The van der Waals surface area contributed by atoms with E-state index in [0.29, 0.717) is 18.5 Å². The molecule has 0 bridgehead atoms. The third kappa shape index (κ3) is 3.07. The van der Waals surface area contributed by atoms with Gasteiger partial charge in [-0.05, 0) is 29.8 Å². The number of benzene rings is 1. The highest BCUT2D eigenvalue weighted by atomic mass is 79.9. The lowest BCUT2D eigenvalue weighted by Crippen LogP contribution is -1.98. The molecule has 0 spiro atoms. The molecule has 0 aliphatic carbocycles. The molecule has 0 unspecified atom stereocenters. The highest BCUT2D eigenvalue weighted by Gasteiger charge is 2.06. The van der Waals surface area contributed by atoms with Crippen LogP contribution in [0.1, 0.15) is 29.3 Å². The van der Waals surface area contributed by atoms with E-state index >= 15 is 0 Å². The summed E-state index contributed by atoms with van der Waals surface area (Å²) in [6.07, 6.45) is 4.13. The second kappa shape index (κ2) is 5.48. The average Bonchev–Trinajstić information content (AvgIpc) is 2.75. The minimum atomic E-state index is -0.267. The van der Waals surface area contributed by atoms with Crippen LogP contribution < -0.4 is 0 Å². The number of ketones is 1. The van der Waals surface area contributed by atoms with Gasteiger partial charge in [0, 0.05) is 35.4 Å². The molecule has 0 radical (unpaired) electrons. The van der Waals surface area contributed by atoms with E-state index in [0.717, 1.165) is 10.0 Å². The van der Waals surface area contributed by atoms with Crippen LogP contribution in [0.3, 0.4) is 0 Å². The lowest BCUT2D eigenvalue weighted by molar-refractivity contribution is 0.0988. The van der Waals surface area contributed by atoms with E-state index < -0.39 is 0 Å². The molecule has 2 aromatic rings. The number of carbonyl (C=O) groups excluding carboxylic acids is 1. The Labute approximate surface area is 114 Å². The van der Waals surface area contributed by atoms with Crippen LogP contribution >= 0.6 is 15.9 Å². The van der Waals surface area contributed by atoms with Gasteiger partial charge in [-0.15, -0.1) is 0 Å². The zero-order valence-corrected chi connectivity index (χ0v) is 11.6. The number of hydrogen-bond donors (Lipinski definition) is 0. The summed E-state index contributed by atoms with van der Waals surface area (Å²) < 4.78 is 15.8. The van der Waals surface area contributed by atoms with E-state index in [2.05, 4.69) is 15.9 Å². The maximum absolute atomic E-state index is 13.2. The van der Waals surface area contributed by atoms with Gasteiger partial charge in [-0.1, -0.05) is 22.9 Å². The van der Waals surface area contributed by atoms with Crippen molar-refractivity contribution in [3.63, 3.8) is 0 Å². The Morgan fingerprint density at radius 2 is 2.17 bits per heavy atom. The number of nitrogens with zero attached hydrogens (tertiary/aromatic N) is 1. The zero-order valence-electron chi connectivity index (χ0n) is 9.99. The van der Waals surface area contributed by atoms with Crippen molar-refractivity contribution in [2.24, 2.45) is 0 Å². The van der Waals surface area contributed by atoms with Crippen molar-refractivity contribution in [2.45, 2.75) is 19.9 Å². The molecular weight excluding hydrogens is 297 g/mol. The number of Topliss-reactive ketones (excluding diaryl/α,β-unsaturated/α-hetero) is 1. The molecule has 2 nitrogen and oxygen atoms in total. The van der Waals surface area contributed by atoms with Crippen LogP contribution in [0.15, 0.2) is 41.1 Å². The van der Waals surface area contributed by atoms with Gasteiger partial charge in [0.2, 0.25) is 0 Å². The molecule has 0 atom stereocenters. The van der Waals surface area contributed by atoms with E-state index in [9.17, 15) is 9.18 Å². The van der Waals surface area contributed by atoms with Crippen molar-refractivity contribution in [1.82, 2.24) is 4.57 Å². The second-order valence-electron chi connectivity index (χ2n) is 4.13. The molecule has 94 valence electrons. The fourth-order valence-electron chi connectivity index (χ4n) is 1.82. The molecule has 0 aliphatic rings. The maximum Gasteiger partial charge on any atom is 0.164 e. The summed E-state index contributed by atoms with van der Waals surface area (Å²) in [4.78, 5) is 11.5. The predicted octanol–water partition coefficient (Wildman–Crippen LogP) is 4.03. The monoisotopic (exact) mass is 309 g/mol. The molecule has 1 aromatic heterocycles. The lowest BCUT2D eigenvalue weighted by atomic mass is 10.2. The van der Waals surface area contributed by atoms with Gasteiger partial charge >= 0.3 is 0 Å². The highest BCUT2D eigenvalue weighted by molar-refractivity contribution is 9.10. The van der Waals surface area contributed by atoms with Crippen LogP contribution in [0, 0.1) is 5.82 Å². The molecule has 4 heteroatoms. The quantitative estimate of drug-likeness (QED) is 0.782. The first-order valence-corrected chi connectivity index (χ1v) is 6.51. The van der Waals surface area contributed by atoms with Gasteiger partial charge in [-0.25, -0.2) is 4.39 Å². The van der Waals surface area contributed by atoms with Crippen molar-refractivity contribution in [3.8, 4) is 0 Å². The molecular formula is C14H13BrFNO. The molecule has 0 aliphatic heterocycles. The number of aromatic nitrogens is 1. The Morgan fingerprint density at radius 3 is 2.83 bits per heavy atom. The topological polar surface area (TPSA) is 22.0 Å². The van der Waals surface area contributed by atoms with Gasteiger partial charge in [0.05, 0.1) is 0 Å². The van der Waals surface area contributed by atoms with Crippen molar-refractivity contribution in [2.75, 3.05) is 0 Å². The van der Waals surface area contributed by atoms with Crippen molar-refractivity contribution in [3.05, 3.63) is 58.1 Å². The average molecular weight is 310 g/mol. The summed E-state index contributed by atoms with van der Waals surface area (Å²) in [5.41, 5.74) is 1.56. The van der Waals surface area contributed by atoms with Crippen LogP contribution in [0.5, 0.6) is 0 Å². The van der Waals surface area contributed by atoms with Gasteiger partial charge in [0.1, 0.15) is 5.82 Å². The number of carbonyl (C=O) groups is 1. The van der Waals surface area contributed by atoms with E-state index in [1.54, 1.807) is 12.3 Å². The fourth-order valence-corrected chi connectivity index (χ4v) is 2.33. The van der Waals surface area contributed by atoms with Crippen LogP contribution in [0.2, 0.25) is 0 Å².